The predicted octanol–water partition coefficient (Wildman–Crippen LogP) is 3.13. The quantitative estimate of drug-likeness (QED) is 0.882. The Bertz CT molecular complexity index is 317. The van der Waals surface area contributed by atoms with Crippen LogP contribution in [0.25, 0.3) is 0 Å². The molecule has 0 aliphatic carbocycles. The van der Waals surface area contributed by atoms with E-state index in [1.165, 1.54) is 24.9 Å². The van der Waals surface area contributed by atoms with Crippen LogP contribution in [0.5, 0.6) is 0 Å². The molecule has 1 aliphatic rings. The average molecular weight is 342 g/mol. The highest BCUT2D eigenvalue weighted by atomic mass is 79.9. The maximum atomic E-state index is 3.58. The molecule has 1 aliphatic heterocycles. The molecule has 0 unspecified atom stereocenters. The van der Waals surface area contributed by atoms with Crippen molar-refractivity contribution in [3.05, 3.63) is 34.3 Å². The average Bonchev–Trinajstić information content (AvgIpc) is 2.28. The number of nitrogens with one attached hydrogen (secondary N) is 2. The Hall–Kier alpha value is 0.200. The van der Waals surface area contributed by atoms with Gasteiger partial charge in [-0.15, -0.1) is 24.8 Å². The molecule has 17 heavy (non-hydrogen) atoms. The standard InChI is InChI=1S/C12H17BrN2.2ClH/c13-11-4-1-3-10(7-11)8-15-12-5-2-6-14-9-12;;/h1,3-4,7,12,14-15H,2,5-6,8-9H2;2*1H/t12-;;/m1../s1. The van der Waals surface area contributed by atoms with Crippen LogP contribution in [0, 0.1) is 0 Å². The second-order valence-corrected chi connectivity index (χ2v) is 4.97. The second kappa shape index (κ2) is 9.17. The molecule has 2 rings (SSSR count). The van der Waals surface area contributed by atoms with Gasteiger partial charge in [0.25, 0.3) is 0 Å². The van der Waals surface area contributed by atoms with Crippen LogP contribution in [-0.2, 0) is 6.54 Å². The first kappa shape index (κ1) is 17.2. The minimum Gasteiger partial charge on any atom is -0.315 e. The molecule has 0 saturated carbocycles. The highest BCUT2D eigenvalue weighted by Crippen LogP contribution is 2.12. The van der Waals surface area contributed by atoms with Gasteiger partial charge in [-0.1, -0.05) is 28.1 Å². The fourth-order valence-electron chi connectivity index (χ4n) is 1.94. The van der Waals surface area contributed by atoms with E-state index in [0.717, 1.165) is 17.6 Å². The Morgan fingerprint density at radius 1 is 1.35 bits per heavy atom. The fraction of sp³-hybridized carbons (Fsp3) is 0.500. The van der Waals surface area contributed by atoms with Crippen molar-refractivity contribution in [3.63, 3.8) is 0 Å². The van der Waals surface area contributed by atoms with Gasteiger partial charge in [0, 0.05) is 23.6 Å². The van der Waals surface area contributed by atoms with Gasteiger partial charge in [0.05, 0.1) is 0 Å². The molecule has 2 nitrogen and oxygen atoms in total. The van der Waals surface area contributed by atoms with Gasteiger partial charge in [-0.3, -0.25) is 0 Å². The van der Waals surface area contributed by atoms with Crippen molar-refractivity contribution in [2.24, 2.45) is 0 Å². The summed E-state index contributed by atoms with van der Waals surface area (Å²) < 4.78 is 1.16. The van der Waals surface area contributed by atoms with E-state index in [9.17, 15) is 0 Å². The molecule has 98 valence electrons. The second-order valence-electron chi connectivity index (χ2n) is 4.05. The molecule has 1 saturated heterocycles. The zero-order valence-corrected chi connectivity index (χ0v) is 12.8. The van der Waals surface area contributed by atoms with Crippen molar-refractivity contribution < 1.29 is 0 Å². The summed E-state index contributed by atoms with van der Waals surface area (Å²) >= 11 is 3.49. The lowest BCUT2D eigenvalue weighted by Crippen LogP contribution is -2.42. The first-order valence-corrected chi connectivity index (χ1v) is 6.32. The normalized spacial score (nSPS) is 19.0. The molecule has 1 fully saturated rings. The largest absolute Gasteiger partial charge is 0.315 e. The topological polar surface area (TPSA) is 24.1 Å². The van der Waals surface area contributed by atoms with Gasteiger partial charge in [-0.2, -0.15) is 0 Å². The number of hydrogen-bond acceptors (Lipinski definition) is 2. The van der Waals surface area contributed by atoms with Crippen molar-refractivity contribution in [2.45, 2.75) is 25.4 Å². The highest BCUT2D eigenvalue weighted by molar-refractivity contribution is 9.10. The van der Waals surface area contributed by atoms with Crippen LogP contribution in [0.2, 0.25) is 0 Å². The zero-order valence-electron chi connectivity index (χ0n) is 9.62. The van der Waals surface area contributed by atoms with Gasteiger partial charge < -0.3 is 10.6 Å². The molecule has 5 heteroatoms. The lowest BCUT2D eigenvalue weighted by molar-refractivity contribution is 0.389. The third-order valence-corrected chi connectivity index (χ3v) is 3.27. The van der Waals surface area contributed by atoms with E-state index in [1.807, 2.05) is 0 Å². The summed E-state index contributed by atoms with van der Waals surface area (Å²) in [6.07, 6.45) is 2.58. The number of halogens is 3. The van der Waals surface area contributed by atoms with Gasteiger partial charge in [-0.25, -0.2) is 0 Å². The first-order valence-electron chi connectivity index (χ1n) is 5.53. The summed E-state index contributed by atoms with van der Waals surface area (Å²) in [6, 6.07) is 9.11. The third kappa shape index (κ3) is 6.07. The third-order valence-electron chi connectivity index (χ3n) is 2.78. The summed E-state index contributed by atoms with van der Waals surface area (Å²) in [5.74, 6) is 0. The van der Waals surface area contributed by atoms with Crippen molar-refractivity contribution >= 4 is 40.7 Å². The van der Waals surface area contributed by atoms with E-state index in [0.29, 0.717) is 6.04 Å². The Morgan fingerprint density at radius 3 is 2.82 bits per heavy atom. The lowest BCUT2D eigenvalue weighted by Gasteiger charge is -2.23. The van der Waals surface area contributed by atoms with Crippen molar-refractivity contribution in [1.82, 2.24) is 10.6 Å². The summed E-state index contributed by atoms with van der Waals surface area (Å²) in [7, 11) is 0. The SMILES string of the molecule is Brc1cccc(CN[C@@H]2CCCNC2)c1.Cl.Cl. The van der Waals surface area contributed by atoms with E-state index in [2.05, 4.69) is 50.8 Å². The van der Waals surface area contributed by atoms with E-state index in [1.54, 1.807) is 0 Å². The molecular weight excluding hydrogens is 323 g/mol. The van der Waals surface area contributed by atoms with Gasteiger partial charge in [0.1, 0.15) is 0 Å². The Balaban J connectivity index is 0.00000128. The van der Waals surface area contributed by atoms with Crippen LogP contribution in [0.15, 0.2) is 28.7 Å². The maximum Gasteiger partial charge on any atom is 0.0209 e. The fourth-order valence-corrected chi connectivity index (χ4v) is 2.38. The summed E-state index contributed by atoms with van der Waals surface area (Å²) in [4.78, 5) is 0. The molecule has 2 N–H and O–H groups in total. The Kier molecular flexibility index (Phi) is 9.28. The molecule has 1 heterocycles. The maximum absolute atomic E-state index is 3.58. The molecule has 0 radical (unpaired) electrons. The van der Waals surface area contributed by atoms with Gasteiger partial charge in [0.2, 0.25) is 0 Å². The van der Waals surface area contributed by atoms with Gasteiger partial charge in [0.15, 0.2) is 0 Å². The van der Waals surface area contributed by atoms with E-state index in [-0.39, 0.29) is 24.8 Å². The Morgan fingerprint density at radius 2 is 2.18 bits per heavy atom. The highest BCUT2D eigenvalue weighted by Gasteiger charge is 2.11. The number of rotatable bonds is 3. The van der Waals surface area contributed by atoms with Crippen LogP contribution >= 0.6 is 40.7 Å². The summed E-state index contributed by atoms with van der Waals surface area (Å²) in [6.45, 7) is 3.24. The number of piperidine rings is 1. The van der Waals surface area contributed by atoms with Crippen LogP contribution in [-0.4, -0.2) is 19.1 Å². The minimum atomic E-state index is 0. The molecule has 0 amide bonds. The lowest BCUT2D eigenvalue weighted by atomic mass is 10.1. The van der Waals surface area contributed by atoms with Crippen LogP contribution < -0.4 is 10.6 Å². The summed E-state index contributed by atoms with van der Waals surface area (Å²) in [5, 5.41) is 6.99. The van der Waals surface area contributed by atoms with Gasteiger partial charge >= 0.3 is 0 Å². The molecule has 0 aromatic heterocycles. The molecule has 1 aromatic rings. The van der Waals surface area contributed by atoms with Crippen LogP contribution in [0.3, 0.4) is 0 Å². The molecule has 1 aromatic carbocycles. The Labute approximate surface area is 124 Å². The van der Waals surface area contributed by atoms with Crippen molar-refractivity contribution in [1.29, 1.82) is 0 Å². The van der Waals surface area contributed by atoms with Crippen LogP contribution in [0.1, 0.15) is 18.4 Å². The molecule has 1 atom stereocenters. The van der Waals surface area contributed by atoms with Crippen LogP contribution in [0.4, 0.5) is 0 Å². The van der Waals surface area contributed by atoms with Crippen molar-refractivity contribution in [3.8, 4) is 0 Å². The number of benzene rings is 1. The first-order chi connectivity index (χ1) is 7.34. The minimum absolute atomic E-state index is 0. The van der Waals surface area contributed by atoms with Crippen molar-refractivity contribution in [2.75, 3.05) is 13.1 Å². The predicted molar refractivity (Wildman–Crippen MR) is 81.4 cm³/mol. The summed E-state index contributed by atoms with van der Waals surface area (Å²) in [5.41, 5.74) is 1.34. The zero-order chi connectivity index (χ0) is 10.5. The molecular formula is C12H19BrCl2N2. The van der Waals surface area contributed by atoms with E-state index >= 15 is 0 Å². The monoisotopic (exact) mass is 340 g/mol. The molecule has 0 spiro atoms. The van der Waals surface area contributed by atoms with E-state index < -0.39 is 0 Å². The van der Waals surface area contributed by atoms with E-state index in [4.69, 9.17) is 0 Å². The molecule has 0 bridgehead atoms. The smallest absolute Gasteiger partial charge is 0.0209 e. The number of hydrogen-bond donors (Lipinski definition) is 2. The van der Waals surface area contributed by atoms with Gasteiger partial charge in [-0.05, 0) is 37.1 Å².